The number of nitrogens with zero attached hydrogens (tertiary/aromatic N) is 1. The van der Waals surface area contributed by atoms with Crippen LogP contribution in [0.5, 0.6) is 0 Å². The minimum atomic E-state index is 0.581. The van der Waals surface area contributed by atoms with Crippen LogP contribution < -0.4 is 0 Å². The molecule has 6 heteroatoms. The average molecular weight is 374 g/mol. The van der Waals surface area contributed by atoms with Gasteiger partial charge in [0.1, 0.15) is 0 Å². The molecule has 0 amide bonds. The molecule has 1 heterocycles. The Kier molecular flexibility index (Phi) is 3.43. The van der Waals surface area contributed by atoms with Gasteiger partial charge in [-0.2, -0.15) is 0 Å². The van der Waals surface area contributed by atoms with Crippen molar-refractivity contribution in [2.24, 2.45) is 0 Å². The second-order valence-corrected chi connectivity index (χ2v) is 6.17. The Morgan fingerprint density at radius 2 is 1.89 bits per heavy atom. The molecule has 0 bridgehead atoms. The third-order valence-electron chi connectivity index (χ3n) is 2.79. The predicted octanol–water partition coefficient (Wildman–Crippen LogP) is 5.76. The van der Waals surface area contributed by atoms with Gasteiger partial charge in [0.25, 0.3) is 0 Å². The molecule has 2 aromatic carbocycles. The maximum absolute atomic E-state index is 6.26. The molecule has 3 rings (SSSR count). The predicted molar refractivity (Wildman–Crippen MR) is 86.2 cm³/mol. The lowest BCUT2D eigenvalue weighted by Gasteiger charge is -2.07. The Bertz CT molecular complexity index is 838. The van der Waals surface area contributed by atoms with Crippen molar-refractivity contribution in [1.82, 2.24) is 9.55 Å². The van der Waals surface area contributed by atoms with Gasteiger partial charge in [0.15, 0.2) is 4.77 Å². The van der Waals surface area contributed by atoms with Crippen LogP contribution in [0.1, 0.15) is 0 Å². The van der Waals surface area contributed by atoms with Crippen LogP contribution in [0.2, 0.25) is 10.0 Å². The molecule has 2 nitrogen and oxygen atoms in total. The summed E-state index contributed by atoms with van der Waals surface area (Å²) in [5, 5.41) is 1.28. The van der Waals surface area contributed by atoms with Crippen molar-refractivity contribution >= 4 is 62.4 Å². The highest BCUT2D eigenvalue weighted by Crippen LogP contribution is 2.29. The SMILES string of the molecule is S=c1[nH]c2ccc(Cl)cc2n1-c1cc(Br)ccc1Cl. The van der Waals surface area contributed by atoms with Gasteiger partial charge < -0.3 is 4.98 Å². The number of hydrogen-bond donors (Lipinski definition) is 1. The Labute approximate surface area is 133 Å². The summed E-state index contributed by atoms with van der Waals surface area (Å²) in [5.74, 6) is 0. The summed E-state index contributed by atoms with van der Waals surface area (Å²) in [6.07, 6.45) is 0. The lowest BCUT2D eigenvalue weighted by molar-refractivity contribution is 1.06. The van der Waals surface area contributed by atoms with Crippen LogP contribution in [-0.2, 0) is 0 Å². The molecule has 0 atom stereocenters. The van der Waals surface area contributed by atoms with Crippen molar-refractivity contribution in [2.45, 2.75) is 0 Å². The Morgan fingerprint density at radius 1 is 1.11 bits per heavy atom. The molecular formula is C13H7BrCl2N2S. The quantitative estimate of drug-likeness (QED) is 0.538. The van der Waals surface area contributed by atoms with Crippen LogP contribution in [0.4, 0.5) is 0 Å². The van der Waals surface area contributed by atoms with Crippen LogP contribution in [0.15, 0.2) is 40.9 Å². The fourth-order valence-corrected chi connectivity index (χ4v) is 3.00. The number of hydrogen-bond acceptors (Lipinski definition) is 1. The van der Waals surface area contributed by atoms with E-state index in [4.69, 9.17) is 35.4 Å². The summed E-state index contributed by atoms with van der Waals surface area (Å²) in [6, 6.07) is 11.2. The van der Waals surface area contributed by atoms with E-state index in [1.807, 2.05) is 41.0 Å². The molecule has 0 saturated heterocycles. The van der Waals surface area contributed by atoms with Gasteiger partial charge >= 0.3 is 0 Å². The van der Waals surface area contributed by atoms with E-state index < -0.39 is 0 Å². The van der Waals surface area contributed by atoms with Gasteiger partial charge in [-0.3, -0.25) is 4.57 Å². The molecule has 0 aliphatic heterocycles. The van der Waals surface area contributed by atoms with E-state index in [2.05, 4.69) is 20.9 Å². The fourth-order valence-electron chi connectivity index (χ4n) is 1.97. The Balaban J connectivity index is 2.42. The van der Waals surface area contributed by atoms with E-state index in [0.717, 1.165) is 21.2 Å². The molecule has 96 valence electrons. The van der Waals surface area contributed by atoms with Crippen molar-refractivity contribution in [3.05, 3.63) is 55.7 Å². The molecule has 0 fully saturated rings. The third-order valence-corrected chi connectivity index (χ3v) is 4.13. The van der Waals surface area contributed by atoms with E-state index in [-0.39, 0.29) is 0 Å². The first kappa shape index (κ1) is 13.2. The fraction of sp³-hybridized carbons (Fsp3) is 0. The maximum atomic E-state index is 6.26. The van der Waals surface area contributed by atoms with E-state index in [1.54, 1.807) is 0 Å². The van der Waals surface area contributed by atoms with E-state index >= 15 is 0 Å². The van der Waals surface area contributed by atoms with E-state index in [1.165, 1.54) is 0 Å². The monoisotopic (exact) mass is 372 g/mol. The summed E-state index contributed by atoms with van der Waals surface area (Å²) in [6.45, 7) is 0. The van der Waals surface area contributed by atoms with Crippen LogP contribution in [0.3, 0.4) is 0 Å². The summed E-state index contributed by atoms with van der Waals surface area (Å²) >= 11 is 21.1. The minimum Gasteiger partial charge on any atom is -0.330 e. The molecule has 0 aliphatic rings. The number of nitrogens with one attached hydrogen (secondary N) is 1. The van der Waals surface area contributed by atoms with Crippen LogP contribution in [-0.4, -0.2) is 9.55 Å². The minimum absolute atomic E-state index is 0.581. The molecule has 1 aromatic heterocycles. The number of rotatable bonds is 1. The first-order valence-electron chi connectivity index (χ1n) is 5.42. The van der Waals surface area contributed by atoms with Crippen molar-refractivity contribution in [2.75, 3.05) is 0 Å². The second kappa shape index (κ2) is 4.94. The molecule has 19 heavy (non-hydrogen) atoms. The molecule has 0 aliphatic carbocycles. The number of H-pyrrole nitrogens is 1. The zero-order valence-electron chi connectivity index (χ0n) is 9.45. The highest BCUT2D eigenvalue weighted by Gasteiger charge is 2.10. The molecule has 0 saturated carbocycles. The number of imidazole rings is 1. The Morgan fingerprint density at radius 3 is 2.68 bits per heavy atom. The molecule has 1 N–H and O–H groups in total. The number of halogens is 3. The number of aromatic nitrogens is 2. The van der Waals surface area contributed by atoms with Crippen molar-refractivity contribution in [3.8, 4) is 5.69 Å². The molecule has 0 radical (unpaired) electrons. The standard InChI is InChI=1S/C13H7BrCl2N2S/c14-7-1-3-9(16)11(5-7)18-12-6-8(15)2-4-10(12)17-13(18)19/h1-6H,(H,17,19). The van der Waals surface area contributed by atoms with Gasteiger partial charge in [0, 0.05) is 9.50 Å². The van der Waals surface area contributed by atoms with Crippen LogP contribution in [0, 0.1) is 4.77 Å². The van der Waals surface area contributed by atoms with Gasteiger partial charge in [-0.25, -0.2) is 0 Å². The average Bonchev–Trinajstić information content (AvgIpc) is 2.68. The second-order valence-electron chi connectivity index (χ2n) is 4.02. The van der Waals surface area contributed by atoms with Gasteiger partial charge in [-0.15, -0.1) is 0 Å². The van der Waals surface area contributed by atoms with Gasteiger partial charge in [0.2, 0.25) is 0 Å². The van der Waals surface area contributed by atoms with Gasteiger partial charge in [-0.05, 0) is 48.6 Å². The number of benzene rings is 2. The van der Waals surface area contributed by atoms with Crippen molar-refractivity contribution in [1.29, 1.82) is 0 Å². The van der Waals surface area contributed by atoms with Crippen molar-refractivity contribution < 1.29 is 0 Å². The zero-order chi connectivity index (χ0) is 13.6. The third kappa shape index (κ3) is 2.34. The lowest BCUT2D eigenvalue weighted by Crippen LogP contribution is -1.95. The topological polar surface area (TPSA) is 20.7 Å². The normalized spacial score (nSPS) is 11.1. The molecule has 3 aromatic rings. The van der Waals surface area contributed by atoms with Gasteiger partial charge in [-0.1, -0.05) is 39.1 Å². The first-order valence-corrected chi connectivity index (χ1v) is 7.38. The smallest absolute Gasteiger partial charge is 0.182 e. The molecule has 0 spiro atoms. The first-order chi connectivity index (χ1) is 9.06. The van der Waals surface area contributed by atoms with E-state index in [0.29, 0.717) is 14.8 Å². The zero-order valence-corrected chi connectivity index (χ0v) is 13.4. The largest absolute Gasteiger partial charge is 0.330 e. The highest BCUT2D eigenvalue weighted by atomic mass is 79.9. The summed E-state index contributed by atoms with van der Waals surface area (Å²) < 4.78 is 3.39. The summed E-state index contributed by atoms with van der Waals surface area (Å²) in [5.41, 5.74) is 2.64. The van der Waals surface area contributed by atoms with Gasteiger partial charge in [0.05, 0.1) is 21.7 Å². The molecule has 0 unspecified atom stereocenters. The Hall–Kier alpha value is -0.810. The van der Waals surface area contributed by atoms with Crippen molar-refractivity contribution in [3.63, 3.8) is 0 Å². The summed E-state index contributed by atoms with van der Waals surface area (Å²) in [4.78, 5) is 3.14. The van der Waals surface area contributed by atoms with Crippen LogP contribution in [0.25, 0.3) is 16.7 Å². The molecular weight excluding hydrogens is 367 g/mol. The lowest BCUT2D eigenvalue weighted by atomic mass is 10.3. The summed E-state index contributed by atoms with van der Waals surface area (Å²) in [7, 11) is 0. The van der Waals surface area contributed by atoms with E-state index in [9.17, 15) is 0 Å². The highest BCUT2D eigenvalue weighted by molar-refractivity contribution is 9.10. The maximum Gasteiger partial charge on any atom is 0.182 e. The van der Waals surface area contributed by atoms with Crippen LogP contribution >= 0.6 is 51.3 Å². The number of aromatic amines is 1. The number of fused-ring (bicyclic) bond motifs is 1.